The molecule has 0 fully saturated rings. The van der Waals surface area contributed by atoms with Crippen LogP contribution in [0, 0.1) is 0 Å². The van der Waals surface area contributed by atoms with Crippen molar-refractivity contribution in [3.05, 3.63) is 229 Å². The molecule has 4 aromatic carbocycles. The Balaban J connectivity index is 0.000000121. The van der Waals surface area contributed by atoms with E-state index in [1.165, 1.54) is 16.7 Å². The fourth-order valence-electron chi connectivity index (χ4n) is 10.7. The predicted octanol–water partition coefficient (Wildman–Crippen LogP) is 17.3. The molecule has 0 radical (unpaired) electrons. The average molecular weight is 1260 g/mol. The van der Waals surface area contributed by atoms with Gasteiger partial charge in [0.1, 0.15) is 18.4 Å². The summed E-state index contributed by atoms with van der Waals surface area (Å²) in [6.45, 7) is 22.2. The van der Waals surface area contributed by atoms with Crippen molar-refractivity contribution in [3.63, 3.8) is 0 Å². The van der Waals surface area contributed by atoms with Crippen LogP contribution in [-0.4, -0.2) is 91.7 Å². The van der Waals surface area contributed by atoms with Crippen LogP contribution in [0.25, 0.3) is 100 Å². The van der Waals surface area contributed by atoms with Crippen molar-refractivity contribution in [2.24, 2.45) is 36.6 Å². The highest BCUT2D eigenvalue weighted by Crippen LogP contribution is 2.30. The zero-order chi connectivity index (χ0) is 66.7. The van der Waals surface area contributed by atoms with Gasteiger partial charge in [-0.2, -0.15) is 25.5 Å². The van der Waals surface area contributed by atoms with Crippen LogP contribution in [0.2, 0.25) is 0 Å². The van der Waals surface area contributed by atoms with Crippen molar-refractivity contribution in [1.29, 1.82) is 0 Å². The third-order valence-corrected chi connectivity index (χ3v) is 16.5. The van der Waals surface area contributed by atoms with E-state index in [1.807, 2.05) is 109 Å². The minimum Gasteiger partial charge on any atom is -0.278 e. The van der Waals surface area contributed by atoms with Crippen LogP contribution in [0.15, 0.2) is 211 Å². The third kappa shape index (κ3) is 15.8. The zero-order valence-electron chi connectivity index (χ0n) is 56.1. The number of aromatic nitrogens is 16. The number of benzene rings is 4. The molecule has 0 spiro atoms. The maximum Gasteiger partial charge on any atom is 0.116 e. The molecule has 1 N–H and O–H groups in total. The highest BCUT2D eigenvalue weighted by Gasteiger charge is 2.14. The van der Waals surface area contributed by atoms with E-state index in [1.54, 1.807) is 12.5 Å². The molecule has 0 unspecified atom stereocenters. The number of fused-ring (bicyclic) bond motifs is 4. The summed E-state index contributed by atoms with van der Waals surface area (Å²) < 4.78 is 5.58. The van der Waals surface area contributed by atoms with Gasteiger partial charge >= 0.3 is 0 Å². The normalized spacial score (nSPS) is 11.9. The number of aryl methyl sites for hydroxylation is 3. The summed E-state index contributed by atoms with van der Waals surface area (Å²) in [5.74, 6) is 2.30. The lowest BCUT2D eigenvalue weighted by Crippen LogP contribution is -2.01. The number of aromatic amines is 1. The lowest BCUT2D eigenvalue weighted by atomic mass is 10.00. The second-order valence-corrected chi connectivity index (χ2v) is 25.0. The summed E-state index contributed by atoms with van der Waals surface area (Å²) in [6.07, 6.45) is 20.1. The van der Waals surface area contributed by atoms with E-state index < -0.39 is 0 Å². The van der Waals surface area contributed by atoms with Gasteiger partial charge in [0.15, 0.2) is 0 Å². The van der Waals surface area contributed by atoms with Crippen molar-refractivity contribution >= 4 is 49.5 Å². The molecule has 478 valence electrons. The summed E-state index contributed by atoms with van der Waals surface area (Å²) in [4.78, 5) is 35.4. The molecule has 1 aliphatic heterocycles. The molecule has 10 aromatic heterocycles. The van der Waals surface area contributed by atoms with Crippen LogP contribution < -0.4 is 0 Å². The fraction of sp³-hybridized carbons (Fsp3) is 0.250. The smallest absolute Gasteiger partial charge is 0.116 e. The second kappa shape index (κ2) is 29.6. The minimum absolute atomic E-state index is 0.384. The first-order valence-corrected chi connectivity index (χ1v) is 32.0. The number of H-pyrrole nitrogens is 1. The van der Waals surface area contributed by atoms with Gasteiger partial charge in [0.25, 0.3) is 0 Å². The molecule has 19 nitrogen and oxygen atoms in total. The van der Waals surface area contributed by atoms with Crippen LogP contribution in [0.1, 0.15) is 132 Å². The number of nitrogens with zero attached hydrogens (tertiary/aromatic N) is 18. The Kier molecular flexibility index (Phi) is 20.3. The fourth-order valence-corrected chi connectivity index (χ4v) is 10.7. The minimum atomic E-state index is 0.384. The molecule has 0 amide bonds. The molecular formula is C76H79N19. The second-order valence-electron chi connectivity index (χ2n) is 25.0. The molecule has 1 aliphatic rings. The zero-order valence-corrected chi connectivity index (χ0v) is 56.1. The molecule has 0 bridgehead atoms. The van der Waals surface area contributed by atoms with Crippen LogP contribution in [0.5, 0.6) is 0 Å². The van der Waals surface area contributed by atoms with Crippen LogP contribution in [0.4, 0.5) is 0 Å². The Morgan fingerprint density at radius 1 is 0.389 bits per heavy atom. The quantitative estimate of drug-likeness (QED) is 0.128. The predicted molar refractivity (Wildman–Crippen MR) is 381 cm³/mol. The summed E-state index contributed by atoms with van der Waals surface area (Å²) in [5.41, 5.74) is 23.5. The van der Waals surface area contributed by atoms with Gasteiger partial charge in [-0.1, -0.05) is 106 Å². The SMILES string of the molecule is CC(C)c1cc(-c2ccc3c(cnn3C)c2)ncn1.CC(C)c1ccnc(-c2ccc3[nH]ncc3c2)c1.CC(C)c1ccnc(-c2cccc(C3=NN=NC3)c2)c1.CC(C)c1ccnc(-c2cnc3cnn(C)c3c2)c1.CC(C)c1cncc(-c2ccc3c(cnn3C)c2)n1. The van der Waals surface area contributed by atoms with E-state index in [2.05, 4.69) is 259 Å². The number of nitrogens with one attached hydrogen (secondary N) is 1. The number of rotatable bonds is 11. The standard InChI is InChI=1S/C16H16N4.3C15H16N4.C15H15N3/c1-11(2)12-6-7-17-15(9-12)13-4-3-5-14(8-13)16-10-18-20-19-16;1-10(2)13-7-14(17-9-16-13)11-4-5-15-12(6-11)8-18-19(15)3;1-10(2)13-8-16-9-14(18-13)11-4-5-15-12(6-11)7-17-19(15)3;1-10(2)11-4-5-16-13(6-11)12-7-15-14(17-8-12)9-18-19(15)3;1-10(2)11-5-6-16-15(8-11)12-3-4-14-13(7-12)9-17-18-14/h3-9,11H,10H2,1-2H3;3*4-10H,1-3H3;3-10H,1-2H3,(H,17,18). The Labute approximate surface area is 553 Å². The van der Waals surface area contributed by atoms with E-state index >= 15 is 0 Å². The largest absolute Gasteiger partial charge is 0.278 e. The van der Waals surface area contributed by atoms with Gasteiger partial charge < -0.3 is 0 Å². The molecule has 0 saturated carbocycles. The average Bonchev–Trinajstić information content (AvgIpc) is 2.01. The van der Waals surface area contributed by atoms with Gasteiger partial charge in [-0.05, 0) is 142 Å². The number of hydrogen-bond acceptors (Lipinski definition) is 15. The molecule has 0 atom stereocenters. The highest BCUT2D eigenvalue weighted by atomic mass is 15.4. The molecule has 0 saturated heterocycles. The Bertz CT molecular complexity index is 4880. The maximum atomic E-state index is 4.67. The summed E-state index contributed by atoms with van der Waals surface area (Å²) in [6, 6.07) is 43.8. The van der Waals surface area contributed by atoms with E-state index in [0.29, 0.717) is 36.1 Å². The van der Waals surface area contributed by atoms with E-state index in [4.69, 9.17) is 0 Å². The van der Waals surface area contributed by atoms with Gasteiger partial charge in [-0.15, -0.1) is 5.10 Å². The summed E-state index contributed by atoms with van der Waals surface area (Å²) in [5, 5.41) is 34.7. The molecule has 0 aliphatic carbocycles. The number of hydrogen-bond donors (Lipinski definition) is 1. The molecule has 14 aromatic rings. The Morgan fingerprint density at radius 2 is 0.916 bits per heavy atom. The topological polar surface area (TPSA) is 222 Å². The number of pyridine rings is 4. The van der Waals surface area contributed by atoms with Crippen LogP contribution in [0.3, 0.4) is 0 Å². The maximum absolute atomic E-state index is 4.67. The van der Waals surface area contributed by atoms with Crippen LogP contribution >= 0.6 is 0 Å². The van der Waals surface area contributed by atoms with Crippen molar-refractivity contribution in [2.45, 2.75) is 98.8 Å². The van der Waals surface area contributed by atoms with Crippen molar-refractivity contribution in [2.75, 3.05) is 6.54 Å². The monoisotopic (exact) mass is 1260 g/mol. The molecule has 15 rings (SSSR count). The Hall–Kier alpha value is -11.2. The first kappa shape index (κ1) is 65.3. The summed E-state index contributed by atoms with van der Waals surface area (Å²) in [7, 11) is 5.82. The van der Waals surface area contributed by atoms with Crippen molar-refractivity contribution in [1.82, 2.24) is 79.4 Å². The summed E-state index contributed by atoms with van der Waals surface area (Å²) >= 11 is 0. The van der Waals surface area contributed by atoms with Crippen molar-refractivity contribution < 1.29 is 0 Å². The van der Waals surface area contributed by atoms with Gasteiger partial charge in [-0.3, -0.25) is 44.1 Å². The molecule has 11 heterocycles. The molecular weight excluding hydrogens is 1180 g/mol. The van der Waals surface area contributed by atoms with Gasteiger partial charge in [0.2, 0.25) is 0 Å². The van der Waals surface area contributed by atoms with Crippen molar-refractivity contribution in [3.8, 4) is 56.3 Å². The Morgan fingerprint density at radius 3 is 1.49 bits per heavy atom. The van der Waals surface area contributed by atoms with Gasteiger partial charge in [0.05, 0.1) is 92.9 Å². The van der Waals surface area contributed by atoms with Gasteiger partial charge in [-0.25, -0.2) is 15.0 Å². The van der Waals surface area contributed by atoms with E-state index in [-0.39, 0.29) is 0 Å². The van der Waals surface area contributed by atoms with E-state index in [0.717, 1.165) is 123 Å². The first-order chi connectivity index (χ1) is 45.9. The van der Waals surface area contributed by atoms with Gasteiger partial charge in [0, 0.05) is 107 Å². The third-order valence-electron chi connectivity index (χ3n) is 16.5. The lowest BCUT2D eigenvalue weighted by molar-refractivity contribution is 0.797. The lowest BCUT2D eigenvalue weighted by Gasteiger charge is -2.08. The molecule has 95 heavy (non-hydrogen) atoms. The van der Waals surface area contributed by atoms with E-state index in [9.17, 15) is 0 Å². The van der Waals surface area contributed by atoms with Crippen LogP contribution in [-0.2, 0) is 21.1 Å². The highest BCUT2D eigenvalue weighted by molar-refractivity contribution is 6.03. The first-order valence-electron chi connectivity index (χ1n) is 32.0. The molecule has 19 heteroatoms.